The lowest BCUT2D eigenvalue weighted by Gasteiger charge is -2.43. The highest BCUT2D eigenvalue weighted by atomic mass is 19.4. The quantitative estimate of drug-likeness (QED) is 0.453. The van der Waals surface area contributed by atoms with Gasteiger partial charge < -0.3 is 14.8 Å². The monoisotopic (exact) mass is 528 g/mol. The Bertz CT molecular complexity index is 1220. The fraction of sp³-hybridized carbons (Fsp3) is 0.429. The number of H-pyrrole nitrogens is 1. The van der Waals surface area contributed by atoms with Crippen molar-refractivity contribution in [2.24, 2.45) is 0 Å². The summed E-state index contributed by atoms with van der Waals surface area (Å²) in [7, 11) is 0. The number of likely N-dealkylation sites (tertiary alicyclic amines) is 1. The molecule has 202 valence electrons. The Morgan fingerprint density at radius 1 is 1.18 bits per heavy atom. The second-order valence-electron chi connectivity index (χ2n) is 9.95. The minimum atomic E-state index is -4.43. The van der Waals surface area contributed by atoms with E-state index in [0.29, 0.717) is 45.6 Å². The molecule has 38 heavy (non-hydrogen) atoms. The van der Waals surface area contributed by atoms with Crippen molar-refractivity contribution >= 4 is 5.91 Å². The molecule has 3 aromatic rings. The van der Waals surface area contributed by atoms with E-state index >= 15 is 0 Å². The summed E-state index contributed by atoms with van der Waals surface area (Å²) in [6.07, 6.45) is 0.560. The molecule has 2 atom stereocenters. The number of aromatic nitrogens is 2. The Kier molecular flexibility index (Phi) is 7.45. The number of rotatable bonds is 7. The number of benzene rings is 2. The lowest BCUT2D eigenvalue weighted by Crippen LogP contribution is -2.61. The van der Waals surface area contributed by atoms with Crippen LogP contribution in [0.1, 0.15) is 43.4 Å². The average molecular weight is 529 g/mol. The van der Waals surface area contributed by atoms with Gasteiger partial charge in [0.05, 0.1) is 17.8 Å². The highest BCUT2D eigenvalue weighted by Crippen LogP contribution is 2.35. The van der Waals surface area contributed by atoms with E-state index in [2.05, 4.69) is 20.4 Å². The van der Waals surface area contributed by atoms with Gasteiger partial charge in [-0.15, -0.1) is 0 Å². The van der Waals surface area contributed by atoms with Gasteiger partial charge in [-0.25, -0.2) is 0 Å². The van der Waals surface area contributed by atoms with Crippen LogP contribution in [0.2, 0.25) is 0 Å². The number of carbonyl (C=O) groups excluding carboxylic acids is 1. The molecule has 0 saturated carbocycles. The number of nitrogens with one attached hydrogen (secondary N) is 2. The second kappa shape index (κ2) is 10.8. The molecular weight excluding hydrogens is 497 g/mol. The number of amides is 1. The minimum absolute atomic E-state index is 0.0630. The van der Waals surface area contributed by atoms with Crippen LogP contribution in [-0.2, 0) is 15.7 Å². The maximum Gasteiger partial charge on any atom is 0.416 e. The molecular formula is C28H31F3N4O3. The van der Waals surface area contributed by atoms with Gasteiger partial charge in [-0.2, -0.15) is 18.3 Å². The summed E-state index contributed by atoms with van der Waals surface area (Å²) in [5.41, 5.74) is 1.52. The van der Waals surface area contributed by atoms with Crippen molar-refractivity contribution in [1.29, 1.82) is 0 Å². The fourth-order valence-corrected chi connectivity index (χ4v) is 5.33. The van der Waals surface area contributed by atoms with E-state index in [4.69, 9.17) is 9.47 Å². The molecule has 2 saturated heterocycles. The van der Waals surface area contributed by atoms with Gasteiger partial charge in [0.1, 0.15) is 17.4 Å². The van der Waals surface area contributed by atoms with E-state index in [9.17, 15) is 18.0 Å². The molecule has 5 rings (SSSR count). The fourth-order valence-electron chi connectivity index (χ4n) is 5.33. The van der Waals surface area contributed by atoms with Crippen LogP contribution in [0.4, 0.5) is 13.2 Å². The first-order valence-electron chi connectivity index (χ1n) is 12.8. The normalized spacial score (nSPS) is 20.7. The van der Waals surface area contributed by atoms with Gasteiger partial charge in [-0.3, -0.25) is 14.8 Å². The van der Waals surface area contributed by atoms with Crippen molar-refractivity contribution < 1.29 is 27.4 Å². The number of carbonyl (C=O) groups is 1. The van der Waals surface area contributed by atoms with Crippen LogP contribution in [0, 0.1) is 0 Å². The van der Waals surface area contributed by atoms with Crippen LogP contribution in [0.15, 0.2) is 60.9 Å². The summed E-state index contributed by atoms with van der Waals surface area (Å²) in [6.45, 7) is 3.97. The van der Waals surface area contributed by atoms with Crippen molar-refractivity contribution in [3.63, 3.8) is 0 Å². The summed E-state index contributed by atoms with van der Waals surface area (Å²) in [6, 6.07) is 12.7. The molecule has 2 fully saturated rings. The van der Waals surface area contributed by atoms with Gasteiger partial charge in [0.25, 0.3) is 0 Å². The lowest BCUT2D eigenvalue weighted by atomic mass is 9.86. The first-order chi connectivity index (χ1) is 18.2. The van der Waals surface area contributed by atoms with E-state index in [0.717, 1.165) is 28.8 Å². The summed E-state index contributed by atoms with van der Waals surface area (Å²) < 4.78 is 50.9. The van der Waals surface area contributed by atoms with Crippen molar-refractivity contribution in [3.05, 3.63) is 72.1 Å². The Balaban J connectivity index is 1.26. The van der Waals surface area contributed by atoms with Gasteiger partial charge in [-0.05, 0) is 55.5 Å². The number of aromatic amines is 1. The van der Waals surface area contributed by atoms with Crippen LogP contribution < -0.4 is 10.1 Å². The molecule has 2 aliphatic rings. The summed E-state index contributed by atoms with van der Waals surface area (Å²) in [5.74, 6) is 0.122. The predicted octanol–water partition coefficient (Wildman–Crippen LogP) is 4.98. The molecule has 0 radical (unpaired) electrons. The largest absolute Gasteiger partial charge is 0.489 e. The van der Waals surface area contributed by atoms with E-state index < -0.39 is 17.3 Å². The van der Waals surface area contributed by atoms with E-state index in [1.165, 1.54) is 12.1 Å². The van der Waals surface area contributed by atoms with E-state index in [1.54, 1.807) is 6.20 Å². The predicted molar refractivity (Wildman–Crippen MR) is 135 cm³/mol. The van der Waals surface area contributed by atoms with Crippen LogP contribution in [0.25, 0.3) is 11.1 Å². The molecule has 1 amide bonds. The Hall–Kier alpha value is -3.37. The zero-order chi connectivity index (χ0) is 26.8. The first-order valence-corrected chi connectivity index (χ1v) is 12.8. The van der Waals surface area contributed by atoms with Crippen LogP contribution in [0.3, 0.4) is 0 Å². The molecule has 2 N–H and O–H groups in total. The number of halogens is 3. The zero-order valence-electron chi connectivity index (χ0n) is 21.1. The van der Waals surface area contributed by atoms with Crippen LogP contribution >= 0.6 is 0 Å². The summed E-state index contributed by atoms with van der Waals surface area (Å²) in [5, 5.41) is 10.00. The minimum Gasteiger partial charge on any atom is -0.489 e. The third-order valence-corrected chi connectivity index (χ3v) is 7.55. The van der Waals surface area contributed by atoms with Crippen molar-refractivity contribution in [3.8, 4) is 16.9 Å². The maximum atomic E-state index is 13.8. The van der Waals surface area contributed by atoms with Crippen LogP contribution in [0.5, 0.6) is 5.75 Å². The van der Waals surface area contributed by atoms with Gasteiger partial charge in [0.2, 0.25) is 5.91 Å². The SMILES string of the molecule is C[C@H](NC(=O)C1(N2CC[C@@H](Oc3cccc(C(F)(F)F)c3)C2)CCOCC1)c1ccc(-c2cn[nH]c2)cc1. The number of ether oxygens (including phenoxy) is 2. The number of nitrogens with zero attached hydrogens (tertiary/aromatic N) is 2. The van der Waals surface area contributed by atoms with Crippen molar-refractivity contribution in [1.82, 2.24) is 20.4 Å². The first kappa shape index (κ1) is 26.2. The molecule has 3 heterocycles. The smallest absolute Gasteiger partial charge is 0.416 e. The molecule has 7 nitrogen and oxygen atoms in total. The molecule has 0 unspecified atom stereocenters. The number of hydrogen-bond donors (Lipinski definition) is 2. The van der Waals surface area contributed by atoms with Crippen molar-refractivity contribution in [2.45, 2.75) is 50.0 Å². The van der Waals surface area contributed by atoms with E-state index in [1.807, 2.05) is 37.4 Å². The molecule has 1 aromatic heterocycles. The molecule has 0 bridgehead atoms. The van der Waals surface area contributed by atoms with Gasteiger partial charge in [0, 0.05) is 38.1 Å². The topological polar surface area (TPSA) is 79.5 Å². The molecule has 0 aliphatic carbocycles. The molecule has 10 heteroatoms. The van der Waals surface area contributed by atoms with Gasteiger partial charge in [-0.1, -0.05) is 30.3 Å². The Morgan fingerprint density at radius 2 is 1.95 bits per heavy atom. The third-order valence-electron chi connectivity index (χ3n) is 7.55. The molecule has 2 aliphatic heterocycles. The van der Waals surface area contributed by atoms with Crippen LogP contribution in [-0.4, -0.2) is 59.0 Å². The number of hydrogen-bond acceptors (Lipinski definition) is 5. The standard InChI is InChI=1S/C28H31F3N4O3/c1-19(20-5-7-21(8-6-20)22-16-32-33-17-22)34-26(36)27(10-13-37-14-11-27)35-12-9-25(18-35)38-24-4-2-3-23(15-24)28(29,30)31/h2-8,15-17,19,25H,9-14,18H2,1H3,(H,32,33)(H,34,36)/t19-,25+/m0/s1. The lowest BCUT2D eigenvalue weighted by molar-refractivity contribution is -0.141. The number of alkyl halides is 3. The summed E-state index contributed by atoms with van der Waals surface area (Å²) >= 11 is 0. The second-order valence-corrected chi connectivity index (χ2v) is 9.95. The Morgan fingerprint density at radius 3 is 2.63 bits per heavy atom. The van der Waals surface area contributed by atoms with Gasteiger partial charge >= 0.3 is 6.18 Å². The third kappa shape index (κ3) is 5.56. The molecule has 2 aromatic carbocycles. The Labute approximate surface area is 219 Å². The average Bonchev–Trinajstić information content (AvgIpc) is 3.62. The summed E-state index contributed by atoms with van der Waals surface area (Å²) in [4.78, 5) is 15.9. The zero-order valence-corrected chi connectivity index (χ0v) is 21.1. The van der Waals surface area contributed by atoms with Gasteiger partial charge in [0.15, 0.2) is 0 Å². The molecule has 0 spiro atoms. The maximum absolute atomic E-state index is 13.8. The highest BCUT2D eigenvalue weighted by Gasteiger charge is 2.48. The van der Waals surface area contributed by atoms with E-state index in [-0.39, 0.29) is 23.8 Å². The highest BCUT2D eigenvalue weighted by molar-refractivity contribution is 5.87. The van der Waals surface area contributed by atoms with Crippen molar-refractivity contribution in [2.75, 3.05) is 26.3 Å².